The van der Waals surface area contributed by atoms with Gasteiger partial charge in [-0.1, -0.05) is 68.9 Å². The zero-order valence-electron chi connectivity index (χ0n) is 16.6. The molecule has 0 radical (unpaired) electrons. The average molecular weight is 417 g/mol. The van der Waals surface area contributed by atoms with E-state index in [-0.39, 0.29) is 12.4 Å². The molecule has 2 N–H and O–H groups in total. The second-order valence-electron chi connectivity index (χ2n) is 6.95. The van der Waals surface area contributed by atoms with Crippen LogP contribution >= 0.6 is 0 Å². The number of unbranched alkanes of at least 4 members (excludes halogenated alkanes) is 7. The summed E-state index contributed by atoms with van der Waals surface area (Å²) in [4.78, 5) is 22.3. The van der Waals surface area contributed by atoms with Gasteiger partial charge in [-0.15, -0.1) is 0 Å². The number of carbonyl (C=O) groups is 2. The fourth-order valence-corrected chi connectivity index (χ4v) is 2.75. The van der Waals surface area contributed by atoms with E-state index < -0.39 is 18.4 Å². The van der Waals surface area contributed by atoms with Crippen LogP contribution in [0, 0.1) is 0 Å². The highest BCUT2D eigenvalue weighted by molar-refractivity contribution is 5.75. The van der Waals surface area contributed by atoms with E-state index in [0.29, 0.717) is 19.4 Å². The lowest BCUT2D eigenvalue weighted by Gasteiger charge is -2.14. The fourth-order valence-electron chi connectivity index (χ4n) is 2.75. The molecule has 164 valence electrons. The number of hydrogen-bond donors (Lipinski definition) is 1. The Morgan fingerprint density at radius 1 is 0.897 bits per heavy atom. The van der Waals surface area contributed by atoms with Crippen LogP contribution in [0.5, 0.6) is 0 Å². The van der Waals surface area contributed by atoms with Gasteiger partial charge in [0.15, 0.2) is 6.23 Å². The van der Waals surface area contributed by atoms with Crippen molar-refractivity contribution in [3.63, 3.8) is 0 Å². The largest absolute Gasteiger partial charge is 0.490 e. The third-order valence-corrected chi connectivity index (χ3v) is 4.35. The van der Waals surface area contributed by atoms with Crippen LogP contribution < -0.4 is 5.73 Å². The molecule has 0 heterocycles. The van der Waals surface area contributed by atoms with E-state index in [9.17, 15) is 22.8 Å². The zero-order valence-corrected chi connectivity index (χ0v) is 16.6. The van der Waals surface area contributed by atoms with Gasteiger partial charge in [-0.25, -0.2) is 4.79 Å². The summed E-state index contributed by atoms with van der Waals surface area (Å²) in [7, 11) is 0. The van der Waals surface area contributed by atoms with Crippen LogP contribution in [0.1, 0.15) is 69.8 Å². The molecular weight excluding hydrogens is 387 g/mol. The SMILES string of the molecule is NC(CCCCCCCCCCC(=O)OCc1ccccc1)OC(=O)C(F)(F)F. The summed E-state index contributed by atoms with van der Waals surface area (Å²) in [5.74, 6) is -2.43. The third-order valence-electron chi connectivity index (χ3n) is 4.35. The first kappa shape index (κ1) is 24.9. The second-order valence-corrected chi connectivity index (χ2v) is 6.95. The highest BCUT2D eigenvalue weighted by Crippen LogP contribution is 2.18. The summed E-state index contributed by atoms with van der Waals surface area (Å²) in [6.07, 6.45) is 1.61. The molecule has 0 aliphatic heterocycles. The predicted octanol–water partition coefficient (Wildman–Crippen LogP) is 5.02. The molecule has 1 aromatic rings. The number of nitrogens with two attached hydrogens (primary N) is 1. The topological polar surface area (TPSA) is 78.6 Å². The van der Waals surface area contributed by atoms with Gasteiger partial charge in [0.2, 0.25) is 0 Å². The molecule has 1 unspecified atom stereocenters. The lowest BCUT2D eigenvalue weighted by atomic mass is 10.1. The summed E-state index contributed by atoms with van der Waals surface area (Å²) in [6.45, 7) is 0.304. The van der Waals surface area contributed by atoms with Gasteiger partial charge < -0.3 is 9.47 Å². The zero-order chi connectivity index (χ0) is 21.5. The first-order valence-corrected chi connectivity index (χ1v) is 10.0. The average Bonchev–Trinajstić information content (AvgIpc) is 2.67. The summed E-state index contributed by atoms with van der Waals surface area (Å²) in [5.41, 5.74) is 6.34. The van der Waals surface area contributed by atoms with E-state index in [0.717, 1.165) is 50.5 Å². The quantitative estimate of drug-likeness (QED) is 0.261. The van der Waals surface area contributed by atoms with Crippen LogP contribution in [0.15, 0.2) is 30.3 Å². The van der Waals surface area contributed by atoms with Crippen molar-refractivity contribution in [2.75, 3.05) is 0 Å². The van der Waals surface area contributed by atoms with E-state index in [1.54, 1.807) is 0 Å². The van der Waals surface area contributed by atoms with Crippen LogP contribution in [0.25, 0.3) is 0 Å². The summed E-state index contributed by atoms with van der Waals surface area (Å²) < 4.78 is 45.4. The molecule has 1 atom stereocenters. The molecule has 5 nitrogen and oxygen atoms in total. The number of alkyl halides is 3. The Kier molecular flexibility index (Phi) is 12.0. The van der Waals surface area contributed by atoms with Crippen LogP contribution in [-0.4, -0.2) is 24.3 Å². The molecule has 0 aliphatic rings. The molecule has 0 aromatic heterocycles. The van der Waals surface area contributed by atoms with Gasteiger partial charge in [0.05, 0.1) is 0 Å². The molecule has 0 aliphatic carbocycles. The minimum Gasteiger partial charge on any atom is -0.461 e. The molecule has 8 heteroatoms. The first-order valence-electron chi connectivity index (χ1n) is 10.0. The van der Waals surface area contributed by atoms with Gasteiger partial charge in [-0.2, -0.15) is 13.2 Å². The van der Waals surface area contributed by atoms with Crippen molar-refractivity contribution >= 4 is 11.9 Å². The molecule has 0 saturated heterocycles. The van der Waals surface area contributed by atoms with Crippen LogP contribution in [0.4, 0.5) is 13.2 Å². The minimum absolute atomic E-state index is 0.184. The molecule has 0 spiro atoms. The van der Waals surface area contributed by atoms with E-state index >= 15 is 0 Å². The van der Waals surface area contributed by atoms with Gasteiger partial charge in [0, 0.05) is 6.42 Å². The van der Waals surface area contributed by atoms with E-state index in [1.807, 2.05) is 30.3 Å². The lowest BCUT2D eigenvalue weighted by molar-refractivity contribution is -0.204. The Bertz CT molecular complexity index is 593. The number of hydrogen-bond acceptors (Lipinski definition) is 5. The number of benzene rings is 1. The van der Waals surface area contributed by atoms with Gasteiger partial charge in [0.1, 0.15) is 6.61 Å². The van der Waals surface area contributed by atoms with Crippen molar-refractivity contribution < 1.29 is 32.2 Å². The summed E-state index contributed by atoms with van der Waals surface area (Å²) >= 11 is 0. The number of halogens is 3. The van der Waals surface area contributed by atoms with Gasteiger partial charge in [-0.3, -0.25) is 10.5 Å². The van der Waals surface area contributed by atoms with Crippen LogP contribution in [0.3, 0.4) is 0 Å². The van der Waals surface area contributed by atoms with Crippen molar-refractivity contribution in [3.8, 4) is 0 Å². The highest BCUT2D eigenvalue weighted by Gasteiger charge is 2.41. The van der Waals surface area contributed by atoms with E-state index in [4.69, 9.17) is 10.5 Å². The Balaban J connectivity index is 1.89. The molecular formula is C21H30F3NO4. The van der Waals surface area contributed by atoms with Crippen LogP contribution in [-0.2, 0) is 25.7 Å². The highest BCUT2D eigenvalue weighted by atomic mass is 19.4. The summed E-state index contributed by atoms with van der Waals surface area (Å²) in [5, 5.41) is 0. The minimum atomic E-state index is -5.00. The van der Waals surface area contributed by atoms with Gasteiger partial charge in [-0.05, 0) is 24.8 Å². The Morgan fingerprint density at radius 2 is 1.45 bits per heavy atom. The monoisotopic (exact) mass is 417 g/mol. The maximum atomic E-state index is 12.0. The van der Waals surface area contributed by atoms with Crippen molar-refractivity contribution in [1.29, 1.82) is 0 Å². The van der Waals surface area contributed by atoms with E-state index in [1.165, 1.54) is 0 Å². The normalized spacial score (nSPS) is 12.4. The van der Waals surface area contributed by atoms with Gasteiger partial charge in [0.25, 0.3) is 0 Å². The standard InChI is InChI=1S/C21H30F3NO4/c22-21(23,24)20(27)29-18(25)14-10-5-3-1-2-4-6-11-15-19(26)28-16-17-12-8-7-9-13-17/h7-9,12-13,18H,1-6,10-11,14-16,25H2. The molecule has 0 bridgehead atoms. The maximum absolute atomic E-state index is 12.0. The molecule has 1 aromatic carbocycles. The molecule has 0 fully saturated rings. The number of esters is 2. The first-order chi connectivity index (χ1) is 13.8. The van der Waals surface area contributed by atoms with Crippen molar-refractivity contribution in [1.82, 2.24) is 0 Å². The van der Waals surface area contributed by atoms with Crippen molar-refractivity contribution in [3.05, 3.63) is 35.9 Å². The Morgan fingerprint density at radius 3 is 2.03 bits per heavy atom. The fraction of sp³-hybridized carbons (Fsp3) is 0.619. The molecule has 1 rings (SSSR count). The Hall–Kier alpha value is -2.09. The van der Waals surface area contributed by atoms with Crippen LogP contribution in [0.2, 0.25) is 0 Å². The maximum Gasteiger partial charge on any atom is 0.490 e. The van der Waals surface area contributed by atoms with Crippen molar-refractivity contribution in [2.24, 2.45) is 5.73 Å². The summed E-state index contributed by atoms with van der Waals surface area (Å²) in [6, 6.07) is 9.54. The predicted molar refractivity (Wildman–Crippen MR) is 103 cm³/mol. The third kappa shape index (κ3) is 12.9. The second kappa shape index (κ2) is 14.0. The van der Waals surface area contributed by atoms with Gasteiger partial charge >= 0.3 is 18.1 Å². The number of ether oxygens (including phenoxy) is 2. The number of carbonyl (C=O) groups excluding carboxylic acids is 2. The van der Waals surface area contributed by atoms with Crippen molar-refractivity contribution in [2.45, 2.75) is 83.2 Å². The molecule has 0 saturated carbocycles. The number of rotatable bonds is 14. The lowest BCUT2D eigenvalue weighted by Crippen LogP contribution is -2.34. The molecule has 29 heavy (non-hydrogen) atoms. The molecule has 0 amide bonds. The smallest absolute Gasteiger partial charge is 0.461 e. The van der Waals surface area contributed by atoms with E-state index in [2.05, 4.69) is 4.74 Å². The Labute approximate surface area is 169 Å².